The van der Waals surface area contributed by atoms with Crippen molar-refractivity contribution in [3.05, 3.63) is 29.8 Å². The molecule has 1 N–H and O–H groups in total. The van der Waals surface area contributed by atoms with Crippen LogP contribution in [-0.2, 0) is 4.74 Å². The van der Waals surface area contributed by atoms with Crippen LogP contribution in [0.4, 0.5) is 10.5 Å². The van der Waals surface area contributed by atoms with Crippen LogP contribution in [0.5, 0.6) is 0 Å². The zero-order valence-electron chi connectivity index (χ0n) is 17.8. The molecule has 0 aliphatic carbocycles. The number of anilines is 1. The molecule has 0 aromatic heterocycles. The lowest BCUT2D eigenvalue weighted by Gasteiger charge is -2.39. The number of rotatable bonds is 4. The van der Waals surface area contributed by atoms with Crippen LogP contribution in [0.1, 0.15) is 44.0 Å². The Kier molecular flexibility index (Phi) is 6.67. The van der Waals surface area contributed by atoms with Crippen molar-refractivity contribution < 1.29 is 19.4 Å². The number of carbonyl (C=O) groups excluding carboxylic acids is 1. The van der Waals surface area contributed by atoms with Gasteiger partial charge in [-0.25, -0.2) is 9.59 Å². The first-order chi connectivity index (χ1) is 13.7. The third-order valence-corrected chi connectivity index (χ3v) is 5.61. The van der Waals surface area contributed by atoms with Gasteiger partial charge in [-0.05, 0) is 57.7 Å². The van der Waals surface area contributed by atoms with Gasteiger partial charge in [0, 0.05) is 51.5 Å². The Bertz CT molecular complexity index is 715. The predicted molar refractivity (Wildman–Crippen MR) is 113 cm³/mol. The molecule has 0 saturated carbocycles. The van der Waals surface area contributed by atoms with Gasteiger partial charge < -0.3 is 19.6 Å². The molecule has 2 aliphatic heterocycles. The molecule has 0 unspecified atom stereocenters. The molecule has 7 heteroatoms. The highest BCUT2D eigenvalue weighted by molar-refractivity contribution is 5.88. The van der Waals surface area contributed by atoms with Crippen LogP contribution >= 0.6 is 0 Å². The highest BCUT2D eigenvalue weighted by atomic mass is 16.6. The molecule has 2 fully saturated rings. The Morgan fingerprint density at radius 3 is 2.31 bits per heavy atom. The molecule has 1 amide bonds. The topological polar surface area (TPSA) is 73.3 Å². The Hall–Kier alpha value is -2.28. The standard InChI is InChI=1S/C22H33N3O4/c1-22(2,3)29-21(28)25-13-11-23(12-14-25)16-17-7-9-24(10-8-17)19-6-4-5-18(15-19)20(26)27/h4-6,15,17H,7-14,16H2,1-3H3,(H,26,27). The molecule has 0 spiro atoms. The summed E-state index contributed by atoms with van der Waals surface area (Å²) in [5.74, 6) is -0.241. The molecule has 0 radical (unpaired) electrons. The SMILES string of the molecule is CC(C)(C)OC(=O)N1CCN(CC2CCN(c3cccc(C(=O)O)c3)CC2)CC1. The number of ether oxygens (including phenoxy) is 1. The number of nitrogens with zero attached hydrogens (tertiary/aromatic N) is 3. The lowest BCUT2D eigenvalue weighted by molar-refractivity contribution is 0.0130. The fourth-order valence-electron chi connectivity index (χ4n) is 4.01. The number of carboxylic acids is 1. The van der Waals surface area contributed by atoms with Gasteiger partial charge in [0.25, 0.3) is 0 Å². The molecule has 1 aromatic carbocycles. The summed E-state index contributed by atoms with van der Waals surface area (Å²) in [6.07, 6.45) is 1.99. The highest BCUT2D eigenvalue weighted by Crippen LogP contribution is 2.25. The highest BCUT2D eigenvalue weighted by Gasteiger charge is 2.28. The van der Waals surface area contributed by atoms with E-state index in [1.165, 1.54) is 0 Å². The largest absolute Gasteiger partial charge is 0.478 e. The number of aromatic carboxylic acids is 1. The van der Waals surface area contributed by atoms with Crippen LogP contribution in [-0.4, -0.2) is 78.4 Å². The van der Waals surface area contributed by atoms with Crippen molar-refractivity contribution in [1.82, 2.24) is 9.80 Å². The smallest absolute Gasteiger partial charge is 0.410 e. The van der Waals surface area contributed by atoms with E-state index in [-0.39, 0.29) is 6.09 Å². The predicted octanol–water partition coefficient (Wildman–Crippen LogP) is 3.15. The van der Waals surface area contributed by atoms with Crippen LogP contribution in [0.2, 0.25) is 0 Å². The van der Waals surface area contributed by atoms with Crippen molar-refractivity contribution in [3.63, 3.8) is 0 Å². The molecule has 0 atom stereocenters. The number of hydrogen-bond acceptors (Lipinski definition) is 5. The van der Waals surface area contributed by atoms with E-state index in [4.69, 9.17) is 4.74 Å². The monoisotopic (exact) mass is 403 g/mol. The third kappa shape index (κ3) is 6.10. The molecule has 29 heavy (non-hydrogen) atoms. The summed E-state index contributed by atoms with van der Waals surface area (Å²) in [6.45, 7) is 11.9. The van der Waals surface area contributed by atoms with Crippen molar-refractivity contribution in [2.24, 2.45) is 5.92 Å². The van der Waals surface area contributed by atoms with Gasteiger partial charge in [-0.3, -0.25) is 4.90 Å². The molecule has 1 aromatic rings. The first-order valence-electron chi connectivity index (χ1n) is 10.5. The van der Waals surface area contributed by atoms with Gasteiger partial charge >= 0.3 is 12.1 Å². The van der Waals surface area contributed by atoms with Gasteiger partial charge in [0.2, 0.25) is 0 Å². The Balaban J connectivity index is 1.42. The average Bonchev–Trinajstić information content (AvgIpc) is 2.68. The fraction of sp³-hybridized carbons (Fsp3) is 0.636. The van der Waals surface area contributed by atoms with Crippen LogP contribution in [0.15, 0.2) is 24.3 Å². The lowest BCUT2D eigenvalue weighted by Crippen LogP contribution is -2.51. The zero-order chi connectivity index (χ0) is 21.0. The quantitative estimate of drug-likeness (QED) is 0.833. The Morgan fingerprint density at radius 1 is 1.07 bits per heavy atom. The summed E-state index contributed by atoms with van der Waals surface area (Å²) in [5, 5.41) is 9.18. The number of carboxylic acid groups (broad SMARTS) is 1. The molecule has 3 rings (SSSR count). The maximum Gasteiger partial charge on any atom is 0.410 e. The van der Waals surface area contributed by atoms with Gasteiger partial charge in [0.15, 0.2) is 0 Å². The second kappa shape index (κ2) is 9.03. The van der Waals surface area contributed by atoms with E-state index in [2.05, 4.69) is 9.80 Å². The average molecular weight is 404 g/mol. The second-order valence-corrected chi connectivity index (χ2v) is 9.05. The van der Waals surface area contributed by atoms with Crippen molar-refractivity contribution in [2.45, 2.75) is 39.2 Å². The van der Waals surface area contributed by atoms with Crippen LogP contribution < -0.4 is 4.90 Å². The van der Waals surface area contributed by atoms with Crippen LogP contribution in [0.25, 0.3) is 0 Å². The van der Waals surface area contributed by atoms with Crippen molar-refractivity contribution >= 4 is 17.7 Å². The molecule has 2 heterocycles. The Labute approximate surface area is 173 Å². The molecule has 160 valence electrons. The number of piperazine rings is 1. The first-order valence-corrected chi connectivity index (χ1v) is 10.5. The van der Waals surface area contributed by atoms with E-state index < -0.39 is 11.6 Å². The van der Waals surface area contributed by atoms with E-state index in [9.17, 15) is 14.7 Å². The van der Waals surface area contributed by atoms with Gasteiger partial charge in [-0.1, -0.05) is 6.07 Å². The number of benzene rings is 1. The first kappa shape index (κ1) is 21.4. The normalized spacial score (nSPS) is 19.3. The van der Waals surface area contributed by atoms with Crippen molar-refractivity contribution in [3.8, 4) is 0 Å². The fourth-order valence-corrected chi connectivity index (χ4v) is 4.01. The molecule has 7 nitrogen and oxygen atoms in total. The van der Waals surface area contributed by atoms with Gasteiger partial charge in [0.1, 0.15) is 5.60 Å². The maximum absolute atomic E-state index is 12.2. The van der Waals surface area contributed by atoms with Gasteiger partial charge in [0.05, 0.1) is 5.56 Å². The summed E-state index contributed by atoms with van der Waals surface area (Å²) in [7, 11) is 0. The summed E-state index contributed by atoms with van der Waals surface area (Å²) >= 11 is 0. The summed E-state index contributed by atoms with van der Waals surface area (Å²) in [4.78, 5) is 29.9. The number of carbonyl (C=O) groups is 2. The lowest BCUT2D eigenvalue weighted by atomic mass is 9.95. The third-order valence-electron chi connectivity index (χ3n) is 5.61. The second-order valence-electron chi connectivity index (χ2n) is 9.05. The maximum atomic E-state index is 12.2. The molecule has 2 aliphatic rings. The number of hydrogen-bond donors (Lipinski definition) is 1. The minimum absolute atomic E-state index is 0.214. The molecule has 2 saturated heterocycles. The minimum Gasteiger partial charge on any atom is -0.478 e. The zero-order valence-corrected chi connectivity index (χ0v) is 17.8. The number of piperidine rings is 1. The summed E-state index contributed by atoms with van der Waals surface area (Å²) < 4.78 is 5.47. The minimum atomic E-state index is -0.882. The summed E-state index contributed by atoms with van der Waals surface area (Å²) in [6, 6.07) is 7.20. The van der Waals surface area contributed by atoms with Gasteiger partial charge in [-0.15, -0.1) is 0 Å². The van der Waals surface area contributed by atoms with Crippen LogP contribution in [0, 0.1) is 5.92 Å². The van der Waals surface area contributed by atoms with E-state index in [1.807, 2.05) is 32.9 Å². The molecular formula is C22H33N3O4. The van der Waals surface area contributed by atoms with Crippen molar-refractivity contribution in [2.75, 3.05) is 50.7 Å². The number of amides is 1. The van der Waals surface area contributed by atoms with Crippen molar-refractivity contribution in [1.29, 1.82) is 0 Å². The van der Waals surface area contributed by atoms with E-state index in [1.54, 1.807) is 17.0 Å². The Morgan fingerprint density at radius 2 is 1.72 bits per heavy atom. The van der Waals surface area contributed by atoms with E-state index in [0.717, 1.165) is 64.3 Å². The van der Waals surface area contributed by atoms with Crippen LogP contribution in [0.3, 0.4) is 0 Å². The van der Waals surface area contributed by atoms with E-state index >= 15 is 0 Å². The molecular weight excluding hydrogens is 370 g/mol. The van der Waals surface area contributed by atoms with Gasteiger partial charge in [-0.2, -0.15) is 0 Å². The van der Waals surface area contributed by atoms with E-state index in [0.29, 0.717) is 11.5 Å². The molecule has 0 bridgehead atoms. The summed E-state index contributed by atoms with van der Waals surface area (Å²) in [5.41, 5.74) is 0.883.